The van der Waals surface area contributed by atoms with Crippen LogP contribution in [-0.4, -0.2) is 44.0 Å². The number of methoxy groups -OCH3 is 1. The van der Waals surface area contributed by atoms with Crippen LogP contribution in [-0.2, 0) is 25.2 Å². The van der Waals surface area contributed by atoms with Crippen LogP contribution in [0.15, 0.2) is 16.6 Å². The summed E-state index contributed by atoms with van der Waals surface area (Å²) in [6.07, 6.45) is -0.751. The normalized spacial score (nSPS) is 12.7. The smallest absolute Gasteiger partial charge is 0.408 e. The van der Waals surface area contributed by atoms with Crippen molar-refractivity contribution in [2.75, 3.05) is 20.3 Å². The second-order valence-corrected chi connectivity index (χ2v) is 9.21. The summed E-state index contributed by atoms with van der Waals surface area (Å²) in [5, 5.41) is 2.45. The van der Waals surface area contributed by atoms with Crippen LogP contribution in [0, 0.1) is 5.82 Å². The first-order valence-electron chi connectivity index (χ1n) is 8.23. The van der Waals surface area contributed by atoms with Crippen LogP contribution in [0.1, 0.15) is 26.3 Å². The Morgan fingerprint density at radius 1 is 1.32 bits per heavy atom. The van der Waals surface area contributed by atoms with E-state index in [1.165, 1.54) is 13.2 Å². The summed E-state index contributed by atoms with van der Waals surface area (Å²) in [5.74, 6) is -1.21. The molecule has 0 aromatic heterocycles. The molecule has 2 unspecified atom stereocenters. The van der Waals surface area contributed by atoms with E-state index in [1.807, 2.05) is 0 Å². The molecule has 0 saturated heterocycles. The van der Waals surface area contributed by atoms with Crippen molar-refractivity contribution >= 4 is 56.5 Å². The Labute approximate surface area is 186 Å². The van der Waals surface area contributed by atoms with E-state index in [0.29, 0.717) is 23.1 Å². The first kappa shape index (κ1) is 25.3. The van der Waals surface area contributed by atoms with Crippen LogP contribution in [0.2, 0.25) is 0 Å². The molecule has 0 radical (unpaired) electrons. The minimum Gasteiger partial charge on any atom is -0.487 e. The number of rotatable bonds is 9. The van der Waals surface area contributed by atoms with Gasteiger partial charge in [-0.25, -0.2) is 14.0 Å². The molecule has 1 amide bonds. The number of alkyl carbamates (subject to hydrolysis) is 1. The van der Waals surface area contributed by atoms with Crippen molar-refractivity contribution in [2.45, 2.75) is 38.8 Å². The van der Waals surface area contributed by atoms with E-state index in [2.05, 4.69) is 43.3 Å². The number of hydrogen-bond donors (Lipinski definition) is 1. The third-order valence-electron chi connectivity index (χ3n) is 3.16. The minimum absolute atomic E-state index is 0.0147. The molecule has 0 fully saturated rings. The second-order valence-electron chi connectivity index (χ2n) is 6.59. The highest BCUT2D eigenvalue weighted by Gasteiger charge is 2.26. The molecule has 1 aromatic rings. The Morgan fingerprint density at radius 3 is 2.54 bits per heavy atom. The van der Waals surface area contributed by atoms with Gasteiger partial charge in [-0.05, 0) is 76.4 Å². The SMILES string of the molecule is COC(=O)C(Cc1cc(F)c(OCCOPI)c(Br)c1)NC(=O)OC(C)(C)C. The van der Waals surface area contributed by atoms with Crippen LogP contribution in [0.5, 0.6) is 5.75 Å². The predicted octanol–water partition coefficient (Wildman–Crippen LogP) is 4.54. The first-order valence-corrected chi connectivity index (χ1v) is 13.0. The fourth-order valence-electron chi connectivity index (χ4n) is 2.11. The summed E-state index contributed by atoms with van der Waals surface area (Å²) in [4.78, 5) is 24.0. The highest BCUT2D eigenvalue weighted by molar-refractivity contribution is 14.2. The summed E-state index contributed by atoms with van der Waals surface area (Å²) in [5.41, 5.74) is -0.256. The van der Waals surface area contributed by atoms with Gasteiger partial charge in [0.05, 0.1) is 24.6 Å². The van der Waals surface area contributed by atoms with E-state index >= 15 is 0 Å². The monoisotopic (exact) mass is 593 g/mol. The van der Waals surface area contributed by atoms with Gasteiger partial charge in [0, 0.05) is 6.42 Å². The van der Waals surface area contributed by atoms with Crippen molar-refractivity contribution in [2.24, 2.45) is 0 Å². The summed E-state index contributed by atoms with van der Waals surface area (Å²) in [7, 11) is 1.21. The lowest BCUT2D eigenvalue weighted by molar-refractivity contribution is -0.143. The molecule has 7 nitrogen and oxygen atoms in total. The van der Waals surface area contributed by atoms with Crippen molar-refractivity contribution < 1.29 is 32.7 Å². The third-order valence-corrected chi connectivity index (χ3v) is 5.00. The van der Waals surface area contributed by atoms with Crippen molar-refractivity contribution in [3.8, 4) is 5.75 Å². The Kier molecular flexibility index (Phi) is 10.9. The molecule has 1 N–H and O–H groups in total. The fourth-order valence-corrected chi connectivity index (χ4v) is 3.53. The van der Waals surface area contributed by atoms with Gasteiger partial charge in [0.1, 0.15) is 18.2 Å². The lowest BCUT2D eigenvalue weighted by atomic mass is 10.1. The van der Waals surface area contributed by atoms with Crippen LogP contribution < -0.4 is 10.1 Å². The molecule has 1 aromatic carbocycles. The molecular weight excluding hydrogens is 571 g/mol. The Bertz CT molecular complexity index is 665. The summed E-state index contributed by atoms with van der Waals surface area (Å²) >= 11 is 5.35. The van der Waals surface area contributed by atoms with Gasteiger partial charge >= 0.3 is 12.1 Å². The number of esters is 1. The van der Waals surface area contributed by atoms with Gasteiger partial charge in [-0.1, -0.05) is 0 Å². The standard InChI is InChI=1S/C17H23BrFINO6P/c1-17(2,3)27-16(23)21-13(15(22)24-4)9-10-7-11(18)14(12(19)8-10)25-5-6-26-28-20/h7-8,13,28H,5-6,9H2,1-4H3,(H,21,23). The number of halogens is 3. The highest BCUT2D eigenvalue weighted by Crippen LogP contribution is 2.30. The first-order chi connectivity index (χ1) is 13.1. The molecule has 0 saturated carbocycles. The van der Waals surface area contributed by atoms with Crippen molar-refractivity contribution in [1.82, 2.24) is 5.32 Å². The molecule has 0 aliphatic carbocycles. The van der Waals surface area contributed by atoms with Crippen molar-refractivity contribution in [1.29, 1.82) is 0 Å². The van der Waals surface area contributed by atoms with Crippen molar-refractivity contribution in [3.05, 3.63) is 28.0 Å². The number of hydrogen-bond acceptors (Lipinski definition) is 6. The quantitative estimate of drug-likeness (QED) is 0.196. The molecule has 28 heavy (non-hydrogen) atoms. The zero-order valence-electron chi connectivity index (χ0n) is 15.9. The molecule has 11 heteroatoms. The molecular formula is C17H23BrFINO6P. The topological polar surface area (TPSA) is 83.1 Å². The zero-order chi connectivity index (χ0) is 21.3. The molecule has 0 spiro atoms. The molecule has 0 bridgehead atoms. The molecule has 0 aliphatic rings. The van der Waals surface area contributed by atoms with Gasteiger partial charge in [0.25, 0.3) is 0 Å². The summed E-state index contributed by atoms with van der Waals surface area (Å²) in [6, 6.07) is 1.83. The average molecular weight is 594 g/mol. The lowest BCUT2D eigenvalue weighted by Crippen LogP contribution is -2.45. The minimum atomic E-state index is -1.03. The van der Waals surface area contributed by atoms with Gasteiger partial charge < -0.3 is 24.1 Å². The largest absolute Gasteiger partial charge is 0.487 e. The number of carbonyl (C=O) groups is 2. The van der Waals surface area contributed by atoms with Gasteiger partial charge in [-0.2, -0.15) is 0 Å². The van der Waals surface area contributed by atoms with Crippen LogP contribution in [0.25, 0.3) is 0 Å². The predicted molar refractivity (Wildman–Crippen MR) is 117 cm³/mol. The average Bonchev–Trinajstić information content (AvgIpc) is 2.57. The molecule has 0 aliphatic heterocycles. The fraction of sp³-hybridized carbons (Fsp3) is 0.529. The number of nitrogens with one attached hydrogen (secondary N) is 1. The van der Waals surface area contributed by atoms with E-state index < -0.39 is 29.5 Å². The molecule has 0 heterocycles. The Balaban J connectivity index is 2.88. The molecule has 158 valence electrons. The van der Waals surface area contributed by atoms with Crippen LogP contribution in [0.4, 0.5) is 9.18 Å². The van der Waals surface area contributed by atoms with E-state index in [1.54, 1.807) is 26.8 Å². The maximum absolute atomic E-state index is 14.4. The zero-order valence-corrected chi connectivity index (χ0v) is 20.7. The van der Waals surface area contributed by atoms with E-state index in [9.17, 15) is 14.0 Å². The third kappa shape index (κ3) is 9.19. The van der Waals surface area contributed by atoms with Crippen LogP contribution in [0.3, 0.4) is 0 Å². The number of benzene rings is 1. The number of carbonyl (C=O) groups excluding carboxylic acids is 2. The van der Waals surface area contributed by atoms with Gasteiger partial charge in [0.2, 0.25) is 0 Å². The second kappa shape index (κ2) is 12.1. The maximum Gasteiger partial charge on any atom is 0.408 e. The molecule has 2 atom stereocenters. The van der Waals surface area contributed by atoms with Gasteiger partial charge in [-0.3, -0.25) is 0 Å². The lowest BCUT2D eigenvalue weighted by Gasteiger charge is -2.22. The van der Waals surface area contributed by atoms with Crippen LogP contribution >= 0.6 is 44.4 Å². The summed E-state index contributed by atoms with van der Waals surface area (Å²) in [6.45, 7) is 5.97. The van der Waals surface area contributed by atoms with E-state index in [-0.39, 0.29) is 18.8 Å². The number of amides is 1. The Hall–Kier alpha value is -0.710. The molecule has 1 rings (SSSR count). The Morgan fingerprint density at radius 2 is 2.00 bits per heavy atom. The summed E-state index contributed by atoms with van der Waals surface area (Å²) < 4.78 is 35.2. The van der Waals surface area contributed by atoms with E-state index in [0.717, 1.165) is 0 Å². The van der Waals surface area contributed by atoms with E-state index in [4.69, 9.17) is 18.7 Å². The number of ether oxygens (including phenoxy) is 3. The van der Waals surface area contributed by atoms with Gasteiger partial charge in [0.15, 0.2) is 11.6 Å². The maximum atomic E-state index is 14.4. The highest BCUT2D eigenvalue weighted by atomic mass is 127. The van der Waals surface area contributed by atoms with Crippen molar-refractivity contribution in [3.63, 3.8) is 0 Å². The van der Waals surface area contributed by atoms with Gasteiger partial charge in [-0.15, -0.1) is 0 Å².